The van der Waals surface area contributed by atoms with Crippen molar-refractivity contribution in [2.24, 2.45) is 0 Å². The number of pyridine rings is 1. The lowest BCUT2D eigenvalue weighted by Crippen LogP contribution is -2.50. The second kappa shape index (κ2) is 9.86. The van der Waals surface area contributed by atoms with E-state index in [1.807, 2.05) is 36.1 Å². The summed E-state index contributed by atoms with van der Waals surface area (Å²) in [6.45, 7) is 7.28. The fourth-order valence-electron chi connectivity index (χ4n) is 5.26. The molecule has 1 saturated heterocycles. The Morgan fingerprint density at radius 2 is 2.00 bits per heavy atom. The van der Waals surface area contributed by atoms with Crippen molar-refractivity contribution in [1.82, 2.24) is 20.1 Å². The predicted octanol–water partition coefficient (Wildman–Crippen LogP) is 4.17. The van der Waals surface area contributed by atoms with Crippen LogP contribution in [-0.4, -0.2) is 52.5 Å². The van der Waals surface area contributed by atoms with Crippen LogP contribution in [0.5, 0.6) is 0 Å². The molecule has 1 aromatic heterocycles. The predicted molar refractivity (Wildman–Crippen MR) is 125 cm³/mol. The van der Waals surface area contributed by atoms with E-state index in [0.717, 1.165) is 48.8 Å². The number of likely N-dealkylation sites (tertiary alicyclic amines) is 1. The molecular formula is C25H36N4O2. The van der Waals surface area contributed by atoms with Crippen LogP contribution in [0.1, 0.15) is 63.0 Å². The quantitative estimate of drug-likeness (QED) is 0.731. The highest BCUT2D eigenvalue weighted by atomic mass is 16.2. The highest BCUT2D eigenvalue weighted by Gasteiger charge is 2.29. The number of aromatic amines is 1. The molecule has 6 heteroatoms. The second-order valence-corrected chi connectivity index (χ2v) is 9.25. The largest absolute Gasteiger partial charge is 0.335 e. The van der Waals surface area contributed by atoms with E-state index < -0.39 is 0 Å². The number of urea groups is 1. The molecule has 0 radical (unpaired) electrons. The minimum absolute atomic E-state index is 0.0291. The Bertz CT molecular complexity index is 964. The van der Waals surface area contributed by atoms with Crippen LogP contribution < -0.4 is 10.9 Å². The number of hydrogen-bond donors (Lipinski definition) is 2. The van der Waals surface area contributed by atoms with Crippen LogP contribution in [0, 0.1) is 6.92 Å². The molecule has 2 aliphatic rings. The molecule has 2 N–H and O–H groups in total. The number of rotatable bonds is 6. The third-order valence-electron chi connectivity index (χ3n) is 7.08. The molecule has 1 aliphatic carbocycles. The third kappa shape index (κ3) is 5.12. The summed E-state index contributed by atoms with van der Waals surface area (Å²) in [6, 6.07) is 8.57. The number of carbonyl (C=O) groups is 1. The van der Waals surface area contributed by atoms with Gasteiger partial charge in [-0.15, -0.1) is 0 Å². The Kier molecular flexibility index (Phi) is 6.96. The summed E-state index contributed by atoms with van der Waals surface area (Å²) in [7, 11) is 0. The summed E-state index contributed by atoms with van der Waals surface area (Å²) < 4.78 is 0. The molecule has 0 spiro atoms. The summed E-state index contributed by atoms with van der Waals surface area (Å²) in [4.78, 5) is 33.5. The molecule has 2 aromatic rings. The monoisotopic (exact) mass is 424 g/mol. The van der Waals surface area contributed by atoms with Crippen LogP contribution in [0.15, 0.2) is 29.1 Å². The maximum Gasteiger partial charge on any atom is 0.317 e. The minimum Gasteiger partial charge on any atom is -0.335 e. The van der Waals surface area contributed by atoms with Crippen LogP contribution in [0.3, 0.4) is 0 Å². The van der Waals surface area contributed by atoms with Crippen molar-refractivity contribution in [2.45, 2.75) is 77.4 Å². The van der Waals surface area contributed by atoms with Crippen molar-refractivity contribution in [2.75, 3.05) is 19.6 Å². The standard InChI is InChI=1S/C25H36N4O2/c1-3-28-14-8-13-22(28)17-29(25(31)26-21-11-5-4-6-12-21)16-20-15-19-10-7-9-18(2)23(19)27-24(20)30/h7,9-10,15,21-22H,3-6,8,11-14,16-17H2,1-2H3,(H,26,31)(H,27,30)/t22-/m1/s1. The molecule has 31 heavy (non-hydrogen) atoms. The summed E-state index contributed by atoms with van der Waals surface area (Å²) in [5, 5.41) is 4.28. The zero-order valence-corrected chi connectivity index (χ0v) is 19.0. The number of likely N-dealkylation sites (N-methyl/N-ethyl adjacent to an activating group) is 1. The second-order valence-electron chi connectivity index (χ2n) is 9.25. The van der Waals surface area contributed by atoms with Gasteiger partial charge in [0.25, 0.3) is 5.56 Å². The van der Waals surface area contributed by atoms with Crippen molar-refractivity contribution >= 4 is 16.9 Å². The molecule has 1 saturated carbocycles. The molecule has 2 fully saturated rings. The SMILES string of the molecule is CCN1CCC[C@@H]1CN(Cc1cc2cccc(C)c2[nH]c1=O)C(=O)NC1CCCCC1. The Labute approximate surface area is 185 Å². The molecule has 168 valence electrons. The van der Waals surface area contributed by atoms with Crippen LogP contribution in [0.2, 0.25) is 0 Å². The Morgan fingerprint density at radius 1 is 1.19 bits per heavy atom. The molecule has 2 amide bonds. The van der Waals surface area contributed by atoms with E-state index in [1.54, 1.807) is 0 Å². The lowest BCUT2D eigenvalue weighted by atomic mass is 9.96. The number of nitrogens with zero attached hydrogens (tertiary/aromatic N) is 2. The average molecular weight is 425 g/mol. The van der Waals surface area contributed by atoms with Gasteiger partial charge in [0.05, 0.1) is 12.1 Å². The zero-order chi connectivity index (χ0) is 21.8. The van der Waals surface area contributed by atoms with E-state index in [4.69, 9.17) is 0 Å². The van der Waals surface area contributed by atoms with Gasteiger partial charge in [0.15, 0.2) is 0 Å². The summed E-state index contributed by atoms with van der Waals surface area (Å²) in [5.74, 6) is 0. The Hall–Kier alpha value is -2.34. The minimum atomic E-state index is -0.101. The van der Waals surface area contributed by atoms with E-state index in [9.17, 15) is 9.59 Å². The molecule has 1 aliphatic heterocycles. The van der Waals surface area contributed by atoms with Crippen molar-refractivity contribution in [3.63, 3.8) is 0 Å². The van der Waals surface area contributed by atoms with Crippen LogP contribution in [0.4, 0.5) is 4.79 Å². The van der Waals surface area contributed by atoms with Gasteiger partial charge >= 0.3 is 6.03 Å². The van der Waals surface area contributed by atoms with Gasteiger partial charge in [-0.1, -0.05) is 44.4 Å². The molecule has 2 heterocycles. The molecule has 0 bridgehead atoms. The molecule has 0 unspecified atom stereocenters. The van der Waals surface area contributed by atoms with Gasteiger partial charge in [0, 0.05) is 24.2 Å². The van der Waals surface area contributed by atoms with Crippen LogP contribution in [0.25, 0.3) is 10.9 Å². The Morgan fingerprint density at radius 3 is 2.77 bits per heavy atom. The van der Waals surface area contributed by atoms with E-state index in [0.29, 0.717) is 24.7 Å². The lowest BCUT2D eigenvalue weighted by Gasteiger charge is -2.32. The van der Waals surface area contributed by atoms with Crippen molar-refractivity contribution in [3.8, 4) is 0 Å². The molecule has 6 nitrogen and oxygen atoms in total. The van der Waals surface area contributed by atoms with Gasteiger partial charge in [-0.2, -0.15) is 0 Å². The number of hydrogen-bond acceptors (Lipinski definition) is 3. The topological polar surface area (TPSA) is 68.4 Å². The first kappa shape index (κ1) is 21.9. The number of H-pyrrole nitrogens is 1. The van der Waals surface area contributed by atoms with E-state index in [-0.39, 0.29) is 17.6 Å². The fraction of sp³-hybridized carbons (Fsp3) is 0.600. The first-order valence-electron chi connectivity index (χ1n) is 12.0. The first-order valence-corrected chi connectivity index (χ1v) is 12.0. The molecule has 4 rings (SSSR count). The Balaban J connectivity index is 1.57. The van der Waals surface area contributed by atoms with E-state index in [2.05, 4.69) is 22.1 Å². The number of nitrogens with one attached hydrogen (secondary N) is 2. The number of benzene rings is 1. The number of carbonyl (C=O) groups excluding carboxylic acids is 1. The highest BCUT2D eigenvalue weighted by Crippen LogP contribution is 2.21. The first-order chi connectivity index (χ1) is 15.0. The molecular weight excluding hydrogens is 388 g/mol. The maximum absolute atomic E-state index is 13.3. The number of amides is 2. The van der Waals surface area contributed by atoms with Gasteiger partial charge < -0.3 is 15.2 Å². The summed E-state index contributed by atoms with van der Waals surface area (Å²) in [5.41, 5.74) is 2.48. The number of aryl methyl sites for hydroxylation is 1. The fourth-order valence-corrected chi connectivity index (χ4v) is 5.26. The summed E-state index contributed by atoms with van der Waals surface area (Å²) >= 11 is 0. The van der Waals surface area contributed by atoms with Crippen molar-refractivity contribution in [3.05, 3.63) is 45.7 Å². The smallest absolute Gasteiger partial charge is 0.317 e. The van der Waals surface area contributed by atoms with E-state index in [1.165, 1.54) is 25.7 Å². The van der Waals surface area contributed by atoms with Crippen molar-refractivity contribution in [1.29, 1.82) is 0 Å². The molecule has 1 atom stereocenters. The number of para-hydroxylation sites is 1. The average Bonchev–Trinajstić information content (AvgIpc) is 3.22. The third-order valence-corrected chi connectivity index (χ3v) is 7.08. The normalized spacial score (nSPS) is 20.3. The van der Waals surface area contributed by atoms with Crippen LogP contribution in [-0.2, 0) is 6.54 Å². The highest BCUT2D eigenvalue weighted by molar-refractivity contribution is 5.82. The van der Waals surface area contributed by atoms with Gasteiger partial charge in [-0.3, -0.25) is 9.69 Å². The van der Waals surface area contributed by atoms with Crippen LogP contribution >= 0.6 is 0 Å². The summed E-state index contributed by atoms with van der Waals surface area (Å²) in [6.07, 6.45) is 8.01. The van der Waals surface area contributed by atoms with Gasteiger partial charge in [-0.25, -0.2) is 4.79 Å². The number of aromatic nitrogens is 1. The lowest BCUT2D eigenvalue weighted by molar-refractivity contribution is 0.159. The number of fused-ring (bicyclic) bond motifs is 1. The van der Waals surface area contributed by atoms with Gasteiger partial charge in [0.2, 0.25) is 0 Å². The maximum atomic E-state index is 13.3. The zero-order valence-electron chi connectivity index (χ0n) is 19.0. The van der Waals surface area contributed by atoms with E-state index >= 15 is 0 Å². The van der Waals surface area contributed by atoms with Gasteiger partial charge in [0.1, 0.15) is 0 Å². The van der Waals surface area contributed by atoms with Crippen molar-refractivity contribution < 1.29 is 4.79 Å². The van der Waals surface area contributed by atoms with Gasteiger partial charge in [-0.05, 0) is 62.7 Å². The molecule has 1 aromatic carbocycles.